The molecule has 0 saturated carbocycles. The minimum Gasteiger partial charge on any atom is -0.389 e. The van der Waals surface area contributed by atoms with Gasteiger partial charge in [0.25, 0.3) is 0 Å². The Morgan fingerprint density at radius 3 is 2.62 bits per heavy atom. The summed E-state index contributed by atoms with van der Waals surface area (Å²) in [5.74, 6) is 0.852. The summed E-state index contributed by atoms with van der Waals surface area (Å²) < 4.78 is 0. The van der Waals surface area contributed by atoms with Gasteiger partial charge in [-0.3, -0.25) is 0 Å². The summed E-state index contributed by atoms with van der Waals surface area (Å²) >= 11 is 5.02. The van der Waals surface area contributed by atoms with Gasteiger partial charge in [0.2, 0.25) is 0 Å². The van der Waals surface area contributed by atoms with Crippen molar-refractivity contribution in [1.29, 1.82) is 0 Å². The Bertz CT molecular complexity index is 382. The van der Waals surface area contributed by atoms with Gasteiger partial charge in [0.15, 0.2) is 0 Å². The van der Waals surface area contributed by atoms with Gasteiger partial charge in [0.05, 0.1) is 5.56 Å². The van der Waals surface area contributed by atoms with Crippen LogP contribution in [0.1, 0.15) is 26.3 Å². The molecule has 0 bridgehead atoms. The third kappa shape index (κ3) is 3.45. The maximum atomic E-state index is 5.68. The van der Waals surface area contributed by atoms with Gasteiger partial charge >= 0.3 is 0 Å². The lowest BCUT2D eigenvalue weighted by atomic mass is 9.96. The van der Waals surface area contributed by atoms with E-state index in [-0.39, 0.29) is 5.41 Å². The van der Waals surface area contributed by atoms with E-state index in [1.807, 2.05) is 19.2 Å². The highest BCUT2D eigenvalue weighted by Gasteiger charge is 2.17. The topological polar surface area (TPSA) is 42.2 Å². The van der Waals surface area contributed by atoms with E-state index in [2.05, 4.69) is 30.7 Å². The Labute approximate surface area is 103 Å². The van der Waals surface area contributed by atoms with Crippen LogP contribution in [0.3, 0.4) is 0 Å². The van der Waals surface area contributed by atoms with E-state index in [1.54, 1.807) is 6.20 Å². The molecule has 0 spiro atoms. The Hall–Kier alpha value is -1.16. The third-order valence-electron chi connectivity index (χ3n) is 2.13. The minimum atomic E-state index is 0.208. The smallest absolute Gasteiger partial charge is 0.138 e. The number of aromatic nitrogens is 1. The summed E-state index contributed by atoms with van der Waals surface area (Å²) in [5, 5.41) is 0. The molecule has 1 rings (SSSR count). The van der Waals surface area contributed by atoms with E-state index in [0.29, 0.717) is 4.99 Å². The summed E-state index contributed by atoms with van der Waals surface area (Å²) in [6, 6.07) is 3.76. The zero-order valence-electron chi connectivity index (χ0n) is 10.3. The highest BCUT2D eigenvalue weighted by molar-refractivity contribution is 7.80. The summed E-state index contributed by atoms with van der Waals surface area (Å²) in [7, 11) is 2.01. The average molecular weight is 237 g/mol. The van der Waals surface area contributed by atoms with E-state index < -0.39 is 0 Å². The number of hydrogen-bond donors (Lipinski definition) is 1. The molecule has 3 nitrogen and oxygen atoms in total. The van der Waals surface area contributed by atoms with Crippen LogP contribution in [-0.2, 0) is 0 Å². The monoisotopic (exact) mass is 237 g/mol. The maximum absolute atomic E-state index is 5.68. The molecule has 88 valence electrons. The molecule has 4 heteroatoms. The van der Waals surface area contributed by atoms with Crippen LogP contribution < -0.4 is 10.6 Å². The van der Waals surface area contributed by atoms with E-state index in [1.165, 1.54) is 0 Å². The van der Waals surface area contributed by atoms with Crippen LogP contribution in [0, 0.1) is 5.41 Å². The molecule has 1 aromatic heterocycles. The van der Waals surface area contributed by atoms with Gasteiger partial charge in [0, 0.05) is 19.8 Å². The molecular formula is C12H19N3S. The van der Waals surface area contributed by atoms with Gasteiger partial charge in [-0.1, -0.05) is 33.0 Å². The highest BCUT2D eigenvalue weighted by atomic mass is 32.1. The molecule has 0 fully saturated rings. The Kier molecular flexibility index (Phi) is 3.86. The molecule has 1 heterocycles. The van der Waals surface area contributed by atoms with Gasteiger partial charge in [0.1, 0.15) is 10.8 Å². The first-order valence-electron chi connectivity index (χ1n) is 5.27. The van der Waals surface area contributed by atoms with Crippen LogP contribution in [-0.4, -0.2) is 23.6 Å². The molecule has 1 aromatic rings. The fraction of sp³-hybridized carbons (Fsp3) is 0.500. The molecule has 0 amide bonds. The molecule has 2 N–H and O–H groups in total. The standard InChI is InChI=1S/C12H19N3S/c1-12(2,3)8-15(4)11-9(10(13)16)6-5-7-14-11/h5-7H,8H2,1-4H3,(H2,13,16). The summed E-state index contributed by atoms with van der Waals surface area (Å²) in [6.07, 6.45) is 1.76. The fourth-order valence-electron chi connectivity index (χ4n) is 1.68. The van der Waals surface area contributed by atoms with E-state index in [9.17, 15) is 0 Å². The molecule has 0 atom stereocenters. The number of rotatable bonds is 3. The van der Waals surface area contributed by atoms with Crippen molar-refractivity contribution >= 4 is 23.0 Å². The van der Waals surface area contributed by atoms with Crippen molar-refractivity contribution in [3.05, 3.63) is 23.9 Å². The first kappa shape index (κ1) is 12.9. The number of anilines is 1. The predicted octanol–water partition coefficient (Wildman–Crippen LogP) is 2.20. The van der Waals surface area contributed by atoms with Gasteiger partial charge in [-0.15, -0.1) is 0 Å². The lowest BCUT2D eigenvalue weighted by Crippen LogP contribution is -2.31. The van der Waals surface area contributed by atoms with E-state index in [4.69, 9.17) is 18.0 Å². The largest absolute Gasteiger partial charge is 0.389 e. The lowest BCUT2D eigenvalue weighted by molar-refractivity contribution is 0.418. The van der Waals surface area contributed by atoms with Crippen LogP contribution in [0.15, 0.2) is 18.3 Å². The summed E-state index contributed by atoms with van der Waals surface area (Å²) in [5.41, 5.74) is 6.73. The molecule has 0 unspecified atom stereocenters. The van der Waals surface area contributed by atoms with E-state index >= 15 is 0 Å². The number of hydrogen-bond acceptors (Lipinski definition) is 3. The molecule has 0 aliphatic rings. The Balaban J connectivity index is 2.99. The zero-order valence-corrected chi connectivity index (χ0v) is 11.1. The molecule has 0 aliphatic carbocycles. The van der Waals surface area contributed by atoms with Crippen LogP contribution >= 0.6 is 12.2 Å². The van der Waals surface area contributed by atoms with E-state index in [0.717, 1.165) is 17.9 Å². The fourth-order valence-corrected chi connectivity index (χ4v) is 1.84. The highest BCUT2D eigenvalue weighted by Crippen LogP contribution is 2.21. The second-order valence-corrected chi connectivity index (χ2v) is 5.60. The second kappa shape index (κ2) is 4.78. The summed E-state index contributed by atoms with van der Waals surface area (Å²) in [4.78, 5) is 6.83. The van der Waals surface area contributed by atoms with Gasteiger partial charge in [-0.2, -0.15) is 0 Å². The van der Waals surface area contributed by atoms with Crippen LogP contribution in [0.25, 0.3) is 0 Å². The van der Waals surface area contributed by atoms with Crippen molar-refractivity contribution in [3.8, 4) is 0 Å². The molecule has 16 heavy (non-hydrogen) atoms. The van der Waals surface area contributed by atoms with Crippen molar-refractivity contribution < 1.29 is 0 Å². The van der Waals surface area contributed by atoms with Crippen molar-refractivity contribution in [2.45, 2.75) is 20.8 Å². The molecule has 0 saturated heterocycles. The molecule has 0 aliphatic heterocycles. The van der Waals surface area contributed by atoms with Crippen molar-refractivity contribution in [3.63, 3.8) is 0 Å². The Morgan fingerprint density at radius 2 is 2.12 bits per heavy atom. The third-order valence-corrected chi connectivity index (χ3v) is 2.35. The predicted molar refractivity (Wildman–Crippen MR) is 72.8 cm³/mol. The van der Waals surface area contributed by atoms with Gasteiger partial charge in [-0.25, -0.2) is 4.98 Å². The van der Waals surface area contributed by atoms with Gasteiger partial charge in [-0.05, 0) is 17.5 Å². The van der Waals surface area contributed by atoms with Crippen LogP contribution in [0.5, 0.6) is 0 Å². The molecule has 0 aromatic carbocycles. The van der Waals surface area contributed by atoms with Crippen LogP contribution in [0.2, 0.25) is 0 Å². The molecular weight excluding hydrogens is 218 g/mol. The average Bonchev–Trinajstić information content (AvgIpc) is 2.15. The lowest BCUT2D eigenvalue weighted by Gasteiger charge is -2.28. The molecule has 0 radical (unpaired) electrons. The first-order valence-corrected chi connectivity index (χ1v) is 5.68. The number of pyridine rings is 1. The zero-order chi connectivity index (χ0) is 12.3. The minimum absolute atomic E-state index is 0.208. The Morgan fingerprint density at radius 1 is 1.50 bits per heavy atom. The van der Waals surface area contributed by atoms with Crippen molar-refractivity contribution in [2.75, 3.05) is 18.5 Å². The SMILES string of the molecule is CN(CC(C)(C)C)c1ncccc1C(N)=S. The van der Waals surface area contributed by atoms with Crippen molar-refractivity contribution in [2.24, 2.45) is 11.1 Å². The number of nitrogens with zero attached hydrogens (tertiary/aromatic N) is 2. The van der Waals surface area contributed by atoms with Crippen molar-refractivity contribution in [1.82, 2.24) is 4.98 Å². The number of nitrogens with two attached hydrogens (primary N) is 1. The van der Waals surface area contributed by atoms with Gasteiger partial charge < -0.3 is 10.6 Å². The maximum Gasteiger partial charge on any atom is 0.138 e. The summed E-state index contributed by atoms with van der Waals surface area (Å²) in [6.45, 7) is 7.46. The first-order chi connectivity index (χ1) is 7.31. The quantitative estimate of drug-likeness (QED) is 0.818. The number of thiocarbonyl (C=S) groups is 1. The van der Waals surface area contributed by atoms with Crippen LogP contribution in [0.4, 0.5) is 5.82 Å². The second-order valence-electron chi connectivity index (χ2n) is 5.16. The normalized spacial score (nSPS) is 11.2.